The Morgan fingerprint density at radius 1 is 1.21 bits per heavy atom. The standard InChI is InChI=1S/C22H32N2O5/c1-6-8-17(15-24(7-2)22(27)23-3)18(11-12-28-4)19-13-16(14-21(25)26)9-10-20(19)29-5/h8-11,13H,6-7,12,14-15H2,1-5H3,(H,23,27)(H,25,26)/b17-8-,18-11+. The number of carbonyl (C=O) groups is 2. The molecule has 0 aromatic heterocycles. The first-order valence-electron chi connectivity index (χ1n) is 9.65. The molecule has 0 fully saturated rings. The van der Waals surface area contributed by atoms with E-state index >= 15 is 0 Å². The van der Waals surface area contributed by atoms with E-state index in [2.05, 4.69) is 11.4 Å². The number of likely N-dealkylation sites (N-methyl/N-ethyl adjacent to an activating group) is 1. The van der Waals surface area contributed by atoms with E-state index < -0.39 is 5.97 Å². The molecule has 7 nitrogen and oxygen atoms in total. The number of allylic oxidation sites excluding steroid dienone is 1. The third-order valence-corrected chi connectivity index (χ3v) is 4.40. The molecular formula is C22H32N2O5. The Bertz CT molecular complexity index is 756. The highest BCUT2D eigenvalue weighted by molar-refractivity contribution is 5.84. The Morgan fingerprint density at radius 3 is 2.45 bits per heavy atom. The third-order valence-electron chi connectivity index (χ3n) is 4.40. The molecular weight excluding hydrogens is 372 g/mol. The quantitative estimate of drug-likeness (QED) is 0.552. The van der Waals surface area contributed by atoms with Crippen LogP contribution in [0.1, 0.15) is 31.4 Å². The van der Waals surface area contributed by atoms with Crippen LogP contribution in [0.4, 0.5) is 4.79 Å². The van der Waals surface area contributed by atoms with E-state index in [1.54, 1.807) is 38.3 Å². The van der Waals surface area contributed by atoms with Crippen molar-refractivity contribution in [3.63, 3.8) is 0 Å². The molecule has 0 aliphatic carbocycles. The van der Waals surface area contributed by atoms with Crippen molar-refractivity contribution < 1.29 is 24.2 Å². The van der Waals surface area contributed by atoms with Gasteiger partial charge in [-0.3, -0.25) is 4.79 Å². The molecule has 0 aliphatic heterocycles. The molecule has 29 heavy (non-hydrogen) atoms. The fraction of sp³-hybridized carbons (Fsp3) is 0.455. The van der Waals surface area contributed by atoms with Crippen molar-refractivity contribution in [2.45, 2.75) is 26.7 Å². The molecule has 0 unspecified atom stereocenters. The van der Waals surface area contributed by atoms with Gasteiger partial charge >= 0.3 is 12.0 Å². The zero-order valence-corrected chi connectivity index (χ0v) is 17.9. The minimum absolute atomic E-state index is 0.0826. The number of hydrogen-bond acceptors (Lipinski definition) is 4. The number of carboxylic acids is 1. The lowest BCUT2D eigenvalue weighted by molar-refractivity contribution is -0.136. The van der Waals surface area contributed by atoms with Gasteiger partial charge in [-0.1, -0.05) is 25.1 Å². The first kappa shape index (κ1) is 24.2. The Balaban J connectivity index is 3.51. The monoisotopic (exact) mass is 404 g/mol. The first-order valence-corrected chi connectivity index (χ1v) is 9.65. The Kier molecular flexibility index (Phi) is 10.5. The van der Waals surface area contributed by atoms with Crippen molar-refractivity contribution in [2.24, 2.45) is 0 Å². The summed E-state index contributed by atoms with van der Waals surface area (Å²) in [5.74, 6) is -0.267. The van der Waals surface area contributed by atoms with E-state index in [4.69, 9.17) is 14.6 Å². The van der Waals surface area contributed by atoms with Crippen LogP contribution in [0.15, 0.2) is 35.9 Å². The van der Waals surface area contributed by atoms with Crippen molar-refractivity contribution >= 4 is 17.6 Å². The largest absolute Gasteiger partial charge is 0.496 e. The molecule has 0 heterocycles. The second-order valence-corrected chi connectivity index (χ2v) is 6.39. The number of hydrogen-bond donors (Lipinski definition) is 2. The molecule has 7 heteroatoms. The fourth-order valence-corrected chi connectivity index (χ4v) is 3.03. The van der Waals surface area contributed by atoms with Crippen LogP contribution < -0.4 is 10.1 Å². The maximum atomic E-state index is 12.2. The van der Waals surface area contributed by atoms with Crippen molar-refractivity contribution in [1.29, 1.82) is 0 Å². The van der Waals surface area contributed by atoms with Gasteiger partial charge in [0.25, 0.3) is 0 Å². The molecule has 0 radical (unpaired) electrons. The van der Waals surface area contributed by atoms with E-state index in [0.717, 1.165) is 23.1 Å². The van der Waals surface area contributed by atoms with Crippen LogP contribution in [-0.4, -0.2) is 63.0 Å². The fourth-order valence-electron chi connectivity index (χ4n) is 3.03. The summed E-state index contributed by atoms with van der Waals surface area (Å²) in [5.41, 5.74) is 3.25. The van der Waals surface area contributed by atoms with Gasteiger partial charge in [0, 0.05) is 32.8 Å². The van der Waals surface area contributed by atoms with E-state index in [1.165, 1.54) is 0 Å². The number of nitrogens with zero attached hydrogens (tertiary/aromatic N) is 1. The van der Waals surface area contributed by atoms with Crippen molar-refractivity contribution in [2.75, 3.05) is 41.0 Å². The molecule has 2 N–H and O–H groups in total. The van der Waals surface area contributed by atoms with Gasteiger partial charge in [-0.25, -0.2) is 4.79 Å². The molecule has 0 spiro atoms. The maximum absolute atomic E-state index is 12.2. The summed E-state index contributed by atoms with van der Waals surface area (Å²) >= 11 is 0. The van der Waals surface area contributed by atoms with Gasteiger partial charge in [-0.15, -0.1) is 0 Å². The summed E-state index contributed by atoms with van der Waals surface area (Å²) in [4.78, 5) is 25.1. The highest BCUT2D eigenvalue weighted by Crippen LogP contribution is 2.33. The van der Waals surface area contributed by atoms with E-state index in [1.807, 2.05) is 26.0 Å². The number of nitrogens with one attached hydrogen (secondary N) is 1. The maximum Gasteiger partial charge on any atom is 0.317 e. The summed E-state index contributed by atoms with van der Waals surface area (Å²) in [6.45, 7) is 5.28. The van der Waals surface area contributed by atoms with E-state index in [0.29, 0.717) is 31.0 Å². The number of urea groups is 1. The molecule has 0 saturated heterocycles. The van der Waals surface area contributed by atoms with Crippen molar-refractivity contribution in [3.05, 3.63) is 47.1 Å². The zero-order valence-electron chi connectivity index (χ0n) is 17.9. The van der Waals surface area contributed by atoms with Crippen LogP contribution in [0.25, 0.3) is 5.57 Å². The van der Waals surface area contributed by atoms with Gasteiger partial charge in [0.15, 0.2) is 0 Å². The summed E-state index contributed by atoms with van der Waals surface area (Å²) in [7, 11) is 4.79. The second-order valence-electron chi connectivity index (χ2n) is 6.39. The molecule has 1 aromatic rings. The highest BCUT2D eigenvalue weighted by Gasteiger charge is 2.19. The third kappa shape index (κ3) is 7.27. The predicted molar refractivity (Wildman–Crippen MR) is 114 cm³/mol. The van der Waals surface area contributed by atoms with E-state index in [9.17, 15) is 9.59 Å². The number of rotatable bonds is 11. The Hall–Kier alpha value is -2.80. The topological polar surface area (TPSA) is 88.1 Å². The molecule has 0 atom stereocenters. The number of ether oxygens (including phenoxy) is 2. The summed E-state index contributed by atoms with van der Waals surface area (Å²) in [5, 5.41) is 11.8. The average Bonchev–Trinajstić information content (AvgIpc) is 2.71. The number of carboxylic acid groups (broad SMARTS) is 1. The second kappa shape index (κ2) is 12.6. The van der Waals surface area contributed by atoms with Crippen LogP contribution in [0.3, 0.4) is 0 Å². The normalized spacial score (nSPS) is 11.9. The SMILES string of the molecule is CC/C=C(CN(CC)C(=O)NC)\C(=C/COC)c1cc(CC(=O)O)ccc1OC. The average molecular weight is 405 g/mol. The van der Waals surface area contributed by atoms with Crippen LogP contribution >= 0.6 is 0 Å². The summed E-state index contributed by atoms with van der Waals surface area (Å²) < 4.78 is 10.8. The van der Waals surface area contributed by atoms with Gasteiger partial charge in [0.2, 0.25) is 0 Å². The number of aliphatic carboxylic acids is 1. The highest BCUT2D eigenvalue weighted by atomic mass is 16.5. The van der Waals surface area contributed by atoms with Crippen molar-refractivity contribution in [1.82, 2.24) is 10.2 Å². The molecule has 0 aliphatic rings. The van der Waals surface area contributed by atoms with Crippen molar-refractivity contribution in [3.8, 4) is 5.75 Å². The molecule has 1 rings (SSSR count). The van der Waals surface area contributed by atoms with Gasteiger partial charge in [-0.2, -0.15) is 0 Å². The van der Waals surface area contributed by atoms with Crippen LogP contribution in [0, 0.1) is 0 Å². The molecule has 0 saturated carbocycles. The number of carbonyl (C=O) groups excluding carboxylic acids is 1. The lowest BCUT2D eigenvalue weighted by Gasteiger charge is -2.24. The van der Waals surface area contributed by atoms with Gasteiger partial charge in [0.05, 0.1) is 20.1 Å². The zero-order chi connectivity index (χ0) is 21.8. The lowest BCUT2D eigenvalue weighted by Crippen LogP contribution is -2.39. The lowest BCUT2D eigenvalue weighted by atomic mass is 9.93. The molecule has 2 amide bonds. The van der Waals surface area contributed by atoms with E-state index in [-0.39, 0.29) is 12.5 Å². The number of methoxy groups -OCH3 is 2. The Morgan fingerprint density at radius 2 is 1.93 bits per heavy atom. The van der Waals surface area contributed by atoms with Crippen LogP contribution in [0.5, 0.6) is 5.75 Å². The minimum atomic E-state index is -0.898. The van der Waals surface area contributed by atoms with Gasteiger partial charge in [0.1, 0.15) is 5.75 Å². The summed E-state index contributed by atoms with van der Waals surface area (Å²) in [6.07, 6.45) is 4.70. The molecule has 1 aromatic carbocycles. The van der Waals surface area contributed by atoms with Crippen LogP contribution in [0.2, 0.25) is 0 Å². The smallest absolute Gasteiger partial charge is 0.317 e. The first-order chi connectivity index (χ1) is 13.9. The van der Waals surface area contributed by atoms with Gasteiger partial charge < -0.3 is 24.8 Å². The predicted octanol–water partition coefficient (Wildman–Crippen LogP) is 3.35. The number of benzene rings is 1. The minimum Gasteiger partial charge on any atom is -0.496 e. The van der Waals surface area contributed by atoms with Gasteiger partial charge in [-0.05, 0) is 42.2 Å². The molecule has 0 bridgehead atoms. The Labute approximate surface area is 173 Å². The summed E-state index contributed by atoms with van der Waals surface area (Å²) in [6, 6.07) is 5.19. The number of amides is 2. The molecule has 160 valence electrons. The van der Waals surface area contributed by atoms with Crippen LogP contribution in [-0.2, 0) is 16.0 Å².